The van der Waals surface area contributed by atoms with Crippen LogP contribution in [0.15, 0.2) is 49.1 Å². The average Bonchev–Trinajstić information content (AvgIpc) is 2.96. The first kappa shape index (κ1) is 14.6. The largest absolute Gasteiger partial charge is 0.481 e. The fourth-order valence-corrected chi connectivity index (χ4v) is 2.50. The van der Waals surface area contributed by atoms with Gasteiger partial charge in [-0.15, -0.1) is 0 Å². The van der Waals surface area contributed by atoms with Crippen molar-refractivity contribution in [2.75, 3.05) is 0 Å². The van der Waals surface area contributed by atoms with Gasteiger partial charge in [0, 0.05) is 24.5 Å². The zero-order valence-electron chi connectivity index (χ0n) is 11.9. The number of aliphatic carboxylic acids is 1. The van der Waals surface area contributed by atoms with Crippen LogP contribution in [0.4, 0.5) is 5.69 Å². The number of benzene rings is 1. The Labute approximate surface area is 130 Å². The van der Waals surface area contributed by atoms with Crippen molar-refractivity contribution in [2.24, 2.45) is 0 Å². The number of fused-ring (bicyclic) bond motifs is 1. The molecule has 0 aliphatic carbocycles. The second-order valence-electron chi connectivity index (χ2n) is 4.98. The molecule has 1 unspecified atom stereocenters. The first-order valence-corrected chi connectivity index (χ1v) is 6.79. The maximum atomic E-state index is 11.2. The van der Waals surface area contributed by atoms with Crippen molar-refractivity contribution in [3.63, 3.8) is 0 Å². The molecule has 0 spiro atoms. The molecule has 1 aromatic carbocycles. The first-order chi connectivity index (χ1) is 11.1. The van der Waals surface area contributed by atoms with E-state index in [0.717, 1.165) is 5.56 Å². The van der Waals surface area contributed by atoms with Crippen LogP contribution in [-0.4, -0.2) is 30.5 Å². The van der Waals surface area contributed by atoms with Gasteiger partial charge in [0.1, 0.15) is 0 Å². The third-order valence-corrected chi connectivity index (χ3v) is 3.54. The molecule has 0 saturated carbocycles. The summed E-state index contributed by atoms with van der Waals surface area (Å²) in [6.45, 7) is 0. The van der Waals surface area contributed by atoms with Gasteiger partial charge in [-0.25, -0.2) is 4.98 Å². The number of nitrogens with zero attached hydrogens (tertiary/aromatic N) is 4. The van der Waals surface area contributed by atoms with Gasteiger partial charge in [0.05, 0.1) is 34.7 Å². The van der Waals surface area contributed by atoms with E-state index in [2.05, 4.69) is 9.97 Å². The third kappa shape index (κ3) is 2.86. The minimum Gasteiger partial charge on any atom is -0.481 e. The molecular weight excluding hydrogens is 300 g/mol. The smallest absolute Gasteiger partial charge is 0.305 e. The maximum Gasteiger partial charge on any atom is 0.305 e. The van der Waals surface area contributed by atoms with E-state index in [4.69, 9.17) is 0 Å². The van der Waals surface area contributed by atoms with E-state index in [1.807, 2.05) is 0 Å². The molecule has 8 nitrogen and oxygen atoms in total. The molecule has 3 rings (SSSR count). The zero-order chi connectivity index (χ0) is 16.4. The second kappa shape index (κ2) is 5.84. The van der Waals surface area contributed by atoms with E-state index in [1.54, 1.807) is 35.2 Å². The lowest BCUT2D eigenvalue weighted by Crippen LogP contribution is -2.14. The lowest BCUT2D eigenvalue weighted by molar-refractivity contribution is -0.384. The van der Waals surface area contributed by atoms with Gasteiger partial charge >= 0.3 is 5.97 Å². The maximum absolute atomic E-state index is 11.2. The van der Waals surface area contributed by atoms with Gasteiger partial charge in [0.25, 0.3) is 5.69 Å². The fourth-order valence-electron chi connectivity index (χ4n) is 2.50. The molecule has 0 radical (unpaired) electrons. The standard InChI is InChI=1S/C15H12N4O4/c20-15(21)7-14(10-2-1-5-16-8-10)18-9-17-12-6-11(19(22)23)3-4-13(12)18/h1-6,8-9,14H,7H2,(H,20,21). The van der Waals surface area contributed by atoms with Crippen LogP contribution < -0.4 is 0 Å². The average molecular weight is 312 g/mol. The van der Waals surface area contributed by atoms with Crippen molar-refractivity contribution in [3.8, 4) is 0 Å². The summed E-state index contributed by atoms with van der Waals surface area (Å²) in [5.41, 5.74) is 1.75. The Morgan fingerprint density at radius 2 is 2.22 bits per heavy atom. The molecule has 2 heterocycles. The van der Waals surface area contributed by atoms with Crippen LogP contribution in [0.25, 0.3) is 11.0 Å². The van der Waals surface area contributed by atoms with Gasteiger partial charge in [-0.2, -0.15) is 0 Å². The number of nitro groups is 1. The van der Waals surface area contributed by atoms with Crippen LogP contribution in [0.2, 0.25) is 0 Å². The van der Waals surface area contributed by atoms with Crippen molar-refractivity contribution in [1.82, 2.24) is 14.5 Å². The molecule has 0 saturated heterocycles. The number of pyridine rings is 1. The molecule has 0 aliphatic heterocycles. The van der Waals surface area contributed by atoms with E-state index >= 15 is 0 Å². The van der Waals surface area contributed by atoms with Gasteiger partial charge < -0.3 is 9.67 Å². The number of nitro benzene ring substituents is 1. The predicted octanol–water partition coefficient (Wildman–Crippen LogP) is 2.40. The van der Waals surface area contributed by atoms with Crippen LogP contribution in [-0.2, 0) is 4.79 Å². The molecule has 2 aromatic heterocycles. The number of non-ortho nitro benzene ring substituents is 1. The molecular formula is C15H12N4O4. The SMILES string of the molecule is O=C(O)CC(c1cccnc1)n1cnc2cc([N+](=O)[O-])ccc21. The normalized spacial score (nSPS) is 12.2. The number of hydrogen-bond donors (Lipinski definition) is 1. The summed E-state index contributed by atoms with van der Waals surface area (Å²) >= 11 is 0. The summed E-state index contributed by atoms with van der Waals surface area (Å²) in [6, 6.07) is 7.35. The summed E-state index contributed by atoms with van der Waals surface area (Å²) in [7, 11) is 0. The number of carbonyl (C=O) groups is 1. The minimum atomic E-state index is -0.956. The van der Waals surface area contributed by atoms with Crippen LogP contribution in [0, 0.1) is 10.1 Å². The molecule has 0 fully saturated rings. The Bertz CT molecular complexity index is 876. The quantitative estimate of drug-likeness (QED) is 0.572. The van der Waals surface area contributed by atoms with Gasteiger partial charge in [0.2, 0.25) is 0 Å². The summed E-state index contributed by atoms with van der Waals surface area (Å²) in [5, 5.41) is 20.0. The number of aromatic nitrogens is 3. The van der Waals surface area contributed by atoms with Gasteiger partial charge in [0.15, 0.2) is 0 Å². The topological polar surface area (TPSA) is 111 Å². The lowest BCUT2D eigenvalue weighted by Gasteiger charge is -2.17. The highest BCUT2D eigenvalue weighted by molar-refractivity contribution is 5.78. The summed E-state index contributed by atoms with van der Waals surface area (Å²) < 4.78 is 1.70. The Balaban J connectivity index is 2.11. The molecule has 0 aliphatic rings. The van der Waals surface area contributed by atoms with Gasteiger partial charge in [-0.1, -0.05) is 6.07 Å². The van der Waals surface area contributed by atoms with Gasteiger partial charge in [-0.3, -0.25) is 19.9 Å². The van der Waals surface area contributed by atoms with Crippen molar-refractivity contribution >= 4 is 22.7 Å². The van der Waals surface area contributed by atoms with E-state index < -0.39 is 16.9 Å². The minimum absolute atomic E-state index is 0.0566. The van der Waals surface area contributed by atoms with Crippen molar-refractivity contribution in [2.45, 2.75) is 12.5 Å². The highest BCUT2D eigenvalue weighted by Gasteiger charge is 2.20. The second-order valence-corrected chi connectivity index (χ2v) is 4.98. The molecule has 23 heavy (non-hydrogen) atoms. The van der Waals surface area contributed by atoms with Crippen LogP contribution in [0.1, 0.15) is 18.0 Å². The Kier molecular flexibility index (Phi) is 3.71. The highest BCUT2D eigenvalue weighted by atomic mass is 16.6. The predicted molar refractivity (Wildman–Crippen MR) is 81.0 cm³/mol. The molecule has 3 aromatic rings. The third-order valence-electron chi connectivity index (χ3n) is 3.54. The molecule has 1 atom stereocenters. The van der Waals surface area contributed by atoms with Crippen LogP contribution in [0.5, 0.6) is 0 Å². The zero-order valence-corrected chi connectivity index (χ0v) is 11.9. The number of hydrogen-bond acceptors (Lipinski definition) is 5. The lowest BCUT2D eigenvalue weighted by atomic mass is 10.1. The van der Waals surface area contributed by atoms with Gasteiger partial charge in [-0.05, 0) is 17.7 Å². The van der Waals surface area contributed by atoms with E-state index in [0.29, 0.717) is 11.0 Å². The number of carboxylic acid groups (broad SMARTS) is 1. The Hall–Kier alpha value is -3.29. The Morgan fingerprint density at radius 3 is 2.87 bits per heavy atom. The highest BCUT2D eigenvalue weighted by Crippen LogP contribution is 2.28. The molecule has 8 heteroatoms. The number of carboxylic acids is 1. The van der Waals surface area contributed by atoms with Crippen LogP contribution in [0.3, 0.4) is 0 Å². The van der Waals surface area contributed by atoms with E-state index in [-0.39, 0.29) is 12.1 Å². The number of rotatable bonds is 5. The van der Waals surface area contributed by atoms with Crippen molar-refractivity contribution in [3.05, 3.63) is 64.7 Å². The molecule has 116 valence electrons. The van der Waals surface area contributed by atoms with Crippen molar-refractivity contribution in [1.29, 1.82) is 0 Å². The fraction of sp³-hybridized carbons (Fsp3) is 0.133. The monoisotopic (exact) mass is 312 g/mol. The van der Waals surface area contributed by atoms with E-state index in [1.165, 1.54) is 18.5 Å². The molecule has 1 N–H and O–H groups in total. The number of imidazole rings is 1. The molecule has 0 bridgehead atoms. The first-order valence-electron chi connectivity index (χ1n) is 6.79. The Morgan fingerprint density at radius 1 is 1.39 bits per heavy atom. The molecule has 0 amide bonds. The summed E-state index contributed by atoms with van der Waals surface area (Å²) in [6.07, 6.45) is 4.56. The van der Waals surface area contributed by atoms with Crippen molar-refractivity contribution < 1.29 is 14.8 Å². The summed E-state index contributed by atoms with van der Waals surface area (Å²) in [4.78, 5) is 29.7. The summed E-state index contributed by atoms with van der Waals surface area (Å²) in [5.74, 6) is -0.956. The van der Waals surface area contributed by atoms with E-state index in [9.17, 15) is 20.0 Å². The van der Waals surface area contributed by atoms with Crippen LogP contribution >= 0.6 is 0 Å².